The Morgan fingerprint density at radius 1 is 1.22 bits per heavy atom. The van der Waals surface area contributed by atoms with E-state index in [0.717, 1.165) is 11.5 Å². The summed E-state index contributed by atoms with van der Waals surface area (Å²) < 4.78 is 1.78. The average molecular weight is 244 g/mol. The lowest BCUT2D eigenvalue weighted by Gasteiger charge is -2.23. The molecule has 0 fully saturated rings. The number of aromatic nitrogens is 3. The number of anilines is 1. The van der Waals surface area contributed by atoms with Crippen LogP contribution in [-0.2, 0) is 19.0 Å². The summed E-state index contributed by atoms with van der Waals surface area (Å²) in [6.45, 7) is 7.34. The summed E-state index contributed by atoms with van der Waals surface area (Å²) in [5.41, 5.74) is 2.60. The van der Waals surface area contributed by atoms with Crippen molar-refractivity contribution >= 4 is 5.69 Å². The second-order valence-corrected chi connectivity index (χ2v) is 5.45. The lowest BCUT2D eigenvalue weighted by Crippen LogP contribution is -2.15. The Morgan fingerprint density at radius 2 is 1.94 bits per heavy atom. The number of aryl methyl sites for hydroxylation is 1. The van der Waals surface area contributed by atoms with E-state index in [2.05, 4.69) is 54.4 Å². The summed E-state index contributed by atoms with van der Waals surface area (Å²) in [7, 11) is 1.90. The van der Waals surface area contributed by atoms with Crippen LogP contribution in [0.1, 0.15) is 32.2 Å². The molecule has 0 unspecified atom stereocenters. The first-order valence-electron chi connectivity index (χ1n) is 6.15. The number of para-hydroxylation sites is 1. The first-order valence-corrected chi connectivity index (χ1v) is 6.15. The molecule has 1 N–H and O–H groups in total. The molecule has 4 nitrogen and oxygen atoms in total. The van der Waals surface area contributed by atoms with Crippen molar-refractivity contribution in [2.24, 2.45) is 7.05 Å². The summed E-state index contributed by atoms with van der Waals surface area (Å²) in [5, 5.41) is 7.51. The third-order valence-electron chi connectivity index (χ3n) is 2.98. The van der Waals surface area contributed by atoms with Crippen molar-refractivity contribution in [3.05, 3.63) is 42.0 Å². The van der Waals surface area contributed by atoms with Gasteiger partial charge in [-0.3, -0.25) is 4.68 Å². The molecule has 0 amide bonds. The Bertz CT molecular complexity index is 523. The van der Waals surface area contributed by atoms with Gasteiger partial charge in [-0.2, -0.15) is 5.10 Å². The van der Waals surface area contributed by atoms with E-state index in [-0.39, 0.29) is 5.41 Å². The Hall–Kier alpha value is -1.84. The average Bonchev–Trinajstić information content (AvgIpc) is 2.71. The van der Waals surface area contributed by atoms with Gasteiger partial charge in [-0.15, -0.1) is 0 Å². The van der Waals surface area contributed by atoms with Crippen LogP contribution in [0, 0.1) is 0 Å². The highest BCUT2D eigenvalue weighted by atomic mass is 15.3. The van der Waals surface area contributed by atoms with Crippen molar-refractivity contribution in [3.63, 3.8) is 0 Å². The second-order valence-electron chi connectivity index (χ2n) is 5.45. The number of nitrogens with zero attached hydrogens (tertiary/aromatic N) is 3. The first kappa shape index (κ1) is 12.6. The van der Waals surface area contributed by atoms with Crippen molar-refractivity contribution in [1.29, 1.82) is 0 Å². The quantitative estimate of drug-likeness (QED) is 0.902. The van der Waals surface area contributed by atoms with Crippen LogP contribution in [0.3, 0.4) is 0 Å². The number of benzene rings is 1. The van der Waals surface area contributed by atoms with E-state index in [0.29, 0.717) is 6.54 Å². The molecule has 1 aromatic carbocycles. The van der Waals surface area contributed by atoms with Crippen molar-refractivity contribution < 1.29 is 0 Å². The van der Waals surface area contributed by atoms with Crippen LogP contribution in [0.4, 0.5) is 5.69 Å². The molecule has 0 saturated heterocycles. The van der Waals surface area contributed by atoms with Gasteiger partial charge in [-0.05, 0) is 17.0 Å². The molecule has 0 aliphatic rings. The van der Waals surface area contributed by atoms with Gasteiger partial charge in [0.25, 0.3) is 0 Å². The fraction of sp³-hybridized carbons (Fsp3) is 0.429. The highest BCUT2D eigenvalue weighted by Gasteiger charge is 2.17. The third-order valence-corrected chi connectivity index (χ3v) is 2.98. The summed E-state index contributed by atoms with van der Waals surface area (Å²) in [4.78, 5) is 4.21. The minimum atomic E-state index is 0.128. The van der Waals surface area contributed by atoms with E-state index in [1.54, 1.807) is 11.0 Å². The molecule has 1 aromatic heterocycles. The normalized spacial score (nSPS) is 11.6. The Labute approximate surface area is 108 Å². The van der Waals surface area contributed by atoms with Crippen LogP contribution < -0.4 is 5.32 Å². The van der Waals surface area contributed by atoms with Crippen LogP contribution >= 0.6 is 0 Å². The highest BCUT2D eigenvalue weighted by Crippen LogP contribution is 2.29. The molecule has 96 valence electrons. The smallest absolute Gasteiger partial charge is 0.145 e. The fourth-order valence-corrected chi connectivity index (χ4v) is 1.95. The van der Waals surface area contributed by atoms with Crippen LogP contribution in [0.25, 0.3) is 0 Å². The molecule has 4 heteroatoms. The Morgan fingerprint density at radius 3 is 2.56 bits per heavy atom. The molecule has 0 saturated carbocycles. The van der Waals surface area contributed by atoms with E-state index in [4.69, 9.17) is 0 Å². The summed E-state index contributed by atoms with van der Waals surface area (Å²) in [6, 6.07) is 8.40. The minimum absolute atomic E-state index is 0.128. The lowest BCUT2D eigenvalue weighted by molar-refractivity contribution is 0.591. The Balaban J connectivity index is 2.17. The van der Waals surface area contributed by atoms with Crippen LogP contribution in [0.15, 0.2) is 30.6 Å². The molecule has 0 aliphatic carbocycles. The summed E-state index contributed by atoms with van der Waals surface area (Å²) >= 11 is 0. The second kappa shape index (κ2) is 4.80. The van der Waals surface area contributed by atoms with Crippen LogP contribution in [0.2, 0.25) is 0 Å². The Kier molecular flexibility index (Phi) is 3.36. The molecular formula is C14H20N4. The predicted octanol–water partition coefficient (Wildman–Crippen LogP) is 2.72. The minimum Gasteiger partial charge on any atom is -0.378 e. The zero-order valence-electron chi connectivity index (χ0n) is 11.4. The van der Waals surface area contributed by atoms with Crippen LogP contribution in [-0.4, -0.2) is 14.8 Å². The van der Waals surface area contributed by atoms with E-state index in [9.17, 15) is 0 Å². The van der Waals surface area contributed by atoms with Gasteiger partial charge in [-0.1, -0.05) is 39.0 Å². The monoisotopic (exact) mass is 244 g/mol. The van der Waals surface area contributed by atoms with Crippen molar-refractivity contribution in [2.45, 2.75) is 32.7 Å². The molecule has 0 aliphatic heterocycles. The maximum atomic E-state index is 4.21. The maximum absolute atomic E-state index is 4.21. The first-order chi connectivity index (χ1) is 8.48. The largest absolute Gasteiger partial charge is 0.378 e. The summed E-state index contributed by atoms with van der Waals surface area (Å²) in [6.07, 6.45) is 1.58. The SMILES string of the molecule is Cn1ncnc1CNc1ccccc1C(C)(C)C. The van der Waals surface area contributed by atoms with Gasteiger partial charge in [0, 0.05) is 12.7 Å². The predicted molar refractivity (Wildman–Crippen MR) is 73.5 cm³/mol. The van der Waals surface area contributed by atoms with Crippen molar-refractivity contribution in [1.82, 2.24) is 14.8 Å². The molecule has 1 heterocycles. The van der Waals surface area contributed by atoms with Crippen molar-refractivity contribution in [3.8, 4) is 0 Å². The van der Waals surface area contributed by atoms with Crippen molar-refractivity contribution in [2.75, 3.05) is 5.32 Å². The molecule has 0 spiro atoms. The van der Waals surface area contributed by atoms with E-state index in [1.165, 1.54) is 5.56 Å². The van der Waals surface area contributed by atoms with Gasteiger partial charge in [0.05, 0.1) is 6.54 Å². The molecule has 0 radical (unpaired) electrons. The third kappa shape index (κ3) is 2.70. The van der Waals surface area contributed by atoms with Crippen LogP contribution in [0.5, 0.6) is 0 Å². The van der Waals surface area contributed by atoms with Gasteiger partial charge in [0.2, 0.25) is 0 Å². The topological polar surface area (TPSA) is 42.7 Å². The van der Waals surface area contributed by atoms with E-state index in [1.807, 2.05) is 13.1 Å². The standard InChI is InChI=1S/C14H20N4/c1-14(2,3)11-7-5-6-8-12(11)15-9-13-16-10-17-18(13)4/h5-8,10,15H,9H2,1-4H3. The maximum Gasteiger partial charge on any atom is 0.145 e. The summed E-state index contributed by atoms with van der Waals surface area (Å²) in [5.74, 6) is 0.929. The molecule has 18 heavy (non-hydrogen) atoms. The number of rotatable bonds is 3. The number of nitrogens with one attached hydrogen (secondary N) is 1. The van der Waals surface area contributed by atoms with Gasteiger partial charge < -0.3 is 5.32 Å². The number of hydrogen-bond donors (Lipinski definition) is 1. The van der Waals surface area contributed by atoms with Gasteiger partial charge in [0.15, 0.2) is 0 Å². The highest BCUT2D eigenvalue weighted by molar-refractivity contribution is 5.54. The molecule has 0 bridgehead atoms. The van der Waals surface area contributed by atoms with Gasteiger partial charge in [-0.25, -0.2) is 4.98 Å². The van der Waals surface area contributed by atoms with E-state index < -0.39 is 0 Å². The molecule has 2 aromatic rings. The lowest BCUT2D eigenvalue weighted by atomic mass is 9.86. The van der Waals surface area contributed by atoms with E-state index >= 15 is 0 Å². The van der Waals surface area contributed by atoms with Gasteiger partial charge >= 0.3 is 0 Å². The zero-order chi connectivity index (χ0) is 13.2. The molecule has 2 rings (SSSR count). The zero-order valence-corrected chi connectivity index (χ0v) is 11.4. The van der Waals surface area contributed by atoms with Gasteiger partial charge in [0.1, 0.15) is 12.2 Å². The fourth-order valence-electron chi connectivity index (χ4n) is 1.95. The molecule has 0 atom stereocenters. The number of hydrogen-bond acceptors (Lipinski definition) is 3. The molecular weight excluding hydrogens is 224 g/mol.